The van der Waals surface area contributed by atoms with E-state index in [1.807, 2.05) is 12.4 Å². The van der Waals surface area contributed by atoms with Crippen molar-refractivity contribution in [3.05, 3.63) is 30.1 Å². The number of likely N-dealkylation sites (N-methyl/N-ethyl adjacent to an activating group) is 1. The molecule has 0 saturated heterocycles. The Balaban J connectivity index is 1.83. The van der Waals surface area contributed by atoms with Crippen molar-refractivity contribution in [1.82, 2.24) is 15.2 Å². The van der Waals surface area contributed by atoms with Crippen LogP contribution in [0.1, 0.15) is 38.2 Å². The van der Waals surface area contributed by atoms with Crippen molar-refractivity contribution >= 4 is 0 Å². The number of hydrogen-bond acceptors (Lipinski definition) is 3. The largest absolute Gasteiger partial charge is 0.312 e. The zero-order chi connectivity index (χ0) is 12.8. The number of pyridine rings is 1. The van der Waals surface area contributed by atoms with Gasteiger partial charge in [-0.05, 0) is 44.0 Å². The van der Waals surface area contributed by atoms with Crippen molar-refractivity contribution in [1.29, 1.82) is 0 Å². The van der Waals surface area contributed by atoms with Crippen molar-refractivity contribution in [2.45, 2.75) is 51.2 Å². The summed E-state index contributed by atoms with van der Waals surface area (Å²) in [6, 6.07) is 5.66. The lowest BCUT2D eigenvalue weighted by Crippen LogP contribution is -2.40. The molecule has 1 N–H and O–H groups in total. The molecule has 0 aliphatic heterocycles. The Hall–Kier alpha value is -0.930. The molecule has 100 valence electrons. The summed E-state index contributed by atoms with van der Waals surface area (Å²) in [7, 11) is 2.23. The van der Waals surface area contributed by atoms with E-state index in [2.05, 4.69) is 41.3 Å². The van der Waals surface area contributed by atoms with Crippen LogP contribution in [0.4, 0.5) is 0 Å². The molecule has 1 heterocycles. The minimum absolute atomic E-state index is 0.642. The van der Waals surface area contributed by atoms with Crippen LogP contribution in [0, 0.1) is 0 Å². The molecule has 2 rings (SSSR count). The van der Waals surface area contributed by atoms with E-state index in [0.717, 1.165) is 19.1 Å². The van der Waals surface area contributed by atoms with Crippen LogP contribution in [0.15, 0.2) is 24.5 Å². The van der Waals surface area contributed by atoms with Gasteiger partial charge in [0.25, 0.3) is 0 Å². The quantitative estimate of drug-likeness (QED) is 0.765. The highest BCUT2D eigenvalue weighted by Crippen LogP contribution is 2.19. The fourth-order valence-corrected chi connectivity index (χ4v) is 2.31. The van der Waals surface area contributed by atoms with E-state index in [0.29, 0.717) is 6.04 Å². The second-order valence-electron chi connectivity index (χ2n) is 5.40. The van der Waals surface area contributed by atoms with Gasteiger partial charge < -0.3 is 5.32 Å². The first-order valence-electron chi connectivity index (χ1n) is 7.12. The van der Waals surface area contributed by atoms with Crippen LogP contribution in [0.2, 0.25) is 0 Å². The fourth-order valence-electron chi connectivity index (χ4n) is 2.31. The maximum absolute atomic E-state index is 4.07. The van der Waals surface area contributed by atoms with E-state index in [4.69, 9.17) is 0 Å². The second-order valence-corrected chi connectivity index (χ2v) is 5.40. The molecule has 0 spiro atoms. The molecule has 1 saturated carbocycles. The molecule has 0 aromatic carbocycles. The van der Waals surface area contributed by atoms with Crippen molar-refractivity contribution < 1.29 is 0 Å². The third-order valence-electron chi connectivity index (χ3n) is 3.65. The van der Waals surface area contributed by atoms with Gasteiger partial charge in [0, 0.05) is 37.6 Å². The molecule has 1 atom stereocenters. The molecule has 0 bridgehead atoms. The van der Waals surface area contributed by atoms with Crippen LogP contribution in [0.25, 0.3) is 0 Å². The monoisotopic (exact) mass is 247 g/mol. The predicted octanol–water partition coefficient (Wildman–Crippen LogP) is 2.43. The molecule has 1 aromatic heterocycles. The Bertz CT molecular complexity index is 335. The smallest absolute Gasteiger partial charge is 0.0271 e. The molecule has 1 aromatic rings. The van der Waals surface area contributed by atoms with Crippen LogP contribution >= 0.6 is 0 Å². The van der Waals surface area contributed by atoms with Gasteiger partial charge in [-0.3, -0.25) is 9.88 Å². The Morgan fingerprint density at radius 3 is 2.72 bits per heavy atom. The minimum Gasteiger partial charge on any atom is -0.312 e. The molecule has 0 amide bonds. The second kappa shape index (κ2) is 6.86. The lowest BCUT2D eigenvalue weighted by molar-refractivity contribution is 0.214. The van der Waals surface area contributed by atoms with Crippen LogP contribution < -0.4 is 5.32 Å². The highest BCUT2D eigenvalue weighted by molar-refractivity contribution is 5.09. The van der Waals surface area contributed by atoms with Gasteiger partial charge in [-0.25, -0.2) is 0 Å². The van der Waals surface area contributed by atoms with Crippen LogP contribution in [0.5, 0.6) is 0 Å². The molecule has 3 nitrogen and oxygen atoms in total. The predicted molar refractivity (Wildman–Crippen MR) is 75.4 cm³/mol. The zero-order valence-electron chi connectivity index (χ0n) is 11.6. The number of aromatic nitrogens is 1. The SMILES string of the molecule is CCCC(CNC1CC1)N(C)Cc1ccncc1. The highest BCUT2D eigenvalue weighted by Gasteiger charge is 2.23. The lowest BCUT2D eigenvalue weighted by atomic mass is 10.1. The summed E-state index contributed by atoms with van der Waals surface area (Å²) in [6.45, 7) is 4.41. The number of rotatable bonds is 8. The summed E-state index contributed by atoms with van der Waals surface area (Å²) in [5.74, 6) is 0. The molecular weight excluding hydrogens is 222 g/mol. The number of nitrogens with one attached hydrogen (secondary N) is 1. The molecule has 1 aliphatic carbocycles. The third kappa shape index (κ3) is 4.39. The molecule has 0 radical (unpaired) electrons. The Morgan fingerprint density at radius 2 is 2.11 bits per heavy atom. The van der Waals surface area contributed by atoms with E-state index < -0.39 is 0 Å². The normalized spacial score (nSPS) is 17.1. The first-order chi connectivity index (χ1) is 8.79. The van der Waals surface area contributed by atoms with Crippen LogP contribution in [-0.4, -0.2) is 35.6 Å². The number of hydrogen-bond donors (Lipinski definition) is 1. The molecule has 1 unspecified atom stereocenters. The van der Waals surface area contributed by atoms with Gasteiger partial charge in [0.1, 0.15) is 0 Å². The molecular formula is C15H25N3. The van der Waals surface area contributed by atoms with Gasteiger partial charge in [0.2, 0.25) is 0 Å². The highest BCUT2D eigenvalue weighted by atomic mass is 15.2. The maximum Gasteiger partial charge on any atom is 0.0271 e. The maximum atomic E-state index is 4.07. The molecule has 18 heavy (non-hydrogen) atoms. The Kier molecular flexibility index (Phi) is 5.14. The first kappa shape index (κ1) is 13.5. The Labute approximate surface area is 111 Å². The first-order valence-corrected chi connectivity index (χ1v) is 7.12. The summed E-state index contributed by atoms with van der Waals surface area (Å²) < 4.78 is 0. The van der Waals surface area contributed by atoms with Gasteiger partial charge in [-0.2, -0.15) is 0 Å². The van der Waals surface area contributed by atoms with E-state index in [1.165, 1.54) is 31.2 Å². The summed E-state index contributed by atoms with van der Waals surface area (Å²) in [5.41, 5.74) is 1.35. The van der Waals surface area contributed by atoms with Crippen molar-refractivity contribution in [2.24, 2.45) is 0 Å². The van der Waals surface area contributed by atoms with Crippen LogP contribution in [-0.2, 0) is 6.54 Å². The summed E-state index contributed by atoms with van der Waals surface area (Å²) in [6.07, 6.45) is 9.00. The molecule has 1 fully saturated rings. The van der Waals surface area contributed by atoms with E-state index in [9.17, 15) is 0 Å². The fraction of sp³-hybridized carbons (Fsp3) is 0.667. The number of nitrogens with zero attached hydrogens (tertiary/aromatic N) is 2. The molecule has 1 aliphatic rings. The van der Waals surface area contributed by atoms with Crippen molar-refractivity contribution in [3.8, 4) is 0 Å². The Morgan fingerprint density at radius 1 is 1.39 bits per heavy atom. The third-order valence-corrected chi connectivity index (χ3v) is 3.65. The topological polar surface area (TPSA) is 28.2 Å². The minimum atomic E-state index is 0.642. The van der Waals surface area contributed by atoms with Crippen molar-refractivity contribution in [2.75, 3.05) is 13.6 Å². The van der Waals surface area contributed by atoms with Gasteiger partial charge in [0.15, 0.2) is 0 Å². The zero-order valence-corrected chi connectivity index (χ0v) is 11.6. The van der Waals surface area contributed by atoms with Gasteiger partial charge in [0.05, 0.1) is 0 Å². The van der Waals surface area contributed by atoms with Gasteiger partial charge in [-0.1, -0.05) is 13.3 Å². The van der Waals surface area contributed by atoms with Gasteiger partial charge >= 0.3 is 0 Å². The van der Waals surface area contributed by atoms with E-state index in [-0.39, 0.29) is 0 Å². The summed E-state index contributed by atoms with van der Waals surface area (Å²) >= 11 is 0. The van der Waals surface area contributed by atoms with E-state index >= 15 is 0 Å². The van der Waals surface area contributed by atoms with E-state index in [1.54, 1.807) is 0 Å². The average molecular weight is 247 g/mol. The molecule has 3 heteroatoms. The standard InChI is InChI=1S/C15H25N3/c1-3-4-15(11-17-14-5-6-14)18(2)12-13-7-9-16-10-8-13/h7-10,14-15,17H,3-6,11-12H2,1-2H3. The lowest BCUT2D eigenvalue weighted by Gasteiger charge is -2.28. The van der Waals surface area contributed by atoms with Crippen LogP contribution in [0.3, 0.4) is 0 Å². The van der Waals surface area contributed by atoms with Gasteiger partial charge in [-0.15, -0.1) is 0 Å². The average Bonchev–Trinajstić information content (AvgIpc) is 3.19. The summed E-state index contributed by atoms with van der Waals surface area (Å²) in [5, 5.41) is 3.65. The van der Waals surface area contributed by atoms with Crippen molar-refractivity contribution in [3.63, 3.8) is 0 Å². The summed E-state index contributed by atoms with van der Waals surface area (Å²) in [4.78, 5) is 6.54.